The summed E-state index contributed by atoms with van der Waals surface area (Å²) in [6, 6.07) is 7.03. The number of nitrogens with zero attached hydrogens (tertiary/aromatic N) is 1. The summed E-state index contributed by atoms with van der Waals surface area (Å²) in [5.74, 6) is 0.0723. The number of H-pyrrole nitrogens is 1. The van der Waals surface area contributed by atoms with Gasteiger partial charge in [0.05, 0.1) is 22.1 Å². The van der Waals surface area contributed by atoms with Crippen molar-refractivity contribution < 1.29 is 4.79 Å². The first kappa shape index (κ1) is 12.0. The van der Waals surface area contributed by atoms with E-state index in [1.807, 2.05) is 0 Å². The highest BCUT2D eigenvalue weighted by molar-refractivity contribution is 6.33. The number of hydrogen-bond acceptors (Lipinski definition) is 3. The number of nitrogen functional groups attached to an aromatic ring is 1. The van der Waals surface area contributed by atoms with Crippen LogP contribution in [0.5, 0.6) is 0 Å². The Morgan fingerprint density at radius 1 is 1.42 bits per heavy atom. The summed E-state index contributed by atoms with van der Waals surface area (Å²) in [5.41, 5.74) is 8.02. The topological polar surface area (TPSA) is 83.8 Å². The summed E-state index contributed by atoms with van der Waals surface area (Å²) in [4.78, 5) is 12.1. The Labute approximate surface area is 115 Å². The van der Waals surface area contributed by atoms with Crippen molar-refractivity contribution in [2.75, 3.05) is 11.1 Å². The number of nitrogens with one attached hydrogen (secondary N) is 2. The smallest absolute Gasteiger partial charge is 0.278 e. The Hall–Kier alpha value is -2.01. The molecule has 0 unspecified atom stereocenters. The van der Waals surface area contributed by atoms with Gasteiger partial charge in [0.1, 0.15) is 0 Å². The number of halogens is 1. The first-order valence-corrected chi connectivity index (χ1v) is 6.44. The van der Waals surface area contributed by atoms with E-state index in [-0.39, 0.29) is 11.6 Å². The molecule has 1 heterocycles. The standard InChI is InChI=1S/C13H13ClN4O/c14-8-3-1-2-4-9(8)16-13(19)12-10(15)11(17-18-12)7-5-6-7/h1-4,7H,5-6,15H2,(H,16,19)(H,17,18). The van der Waals surface area contributed by atoms with Gasteiger partial charge in [0, 0.05) is 5.92 Å². The number of aromatic nitrogens is 2. The molecule has 19 heavy (non-hydrogen) atoms. The predicted molar refractivity (Wildman–Crippen MR) is 74.4 cm³/mol. The zero-order valence-corrected chi connectivity index (χ0v) is 10.9. The number of carbonyl (C=O) groups is 1. The second-order valence-corrected chi connectivity index (χ2v) is 5.02. The summed E-state index contributed by atoms with van der Waals surface area (Å²) in [6.07, 6.45) is 2.19. The molecule has 1 saturated carbocycles. The highest BCUT2D eigenvalue weighted by Gasteiger charge is 2.30. The largest absolute Gasteiger partial charge is 0.395 e. The third-order valence-corrected chi connectivity index (χ3v) is 3.49. The van der Waals surface area contributed by atoms with Gasteiger partial charge in [-0.05, 0) is 25.0 Å². The molecule has 1 aromatic heterocycles. The average molecular weight is 277 g/mol. The Bertz CT molecular complexity index is 633. The lowest BCUT2D eigenvalue weighted by Gasteiger charge is -2.05. The first-order valence-electron chi connectivity index (χ1n) is 6.06. The second-order valence-electron chi connectivity index (χ2n) is 4.61. The third-order valence-electron chi connectivity index (χ3n) is 3.16. The fourth-order valence-electron chi connectivity index (χ4n) is 1.96. The number of para-hydroxylation sites is 1. The molecule has 5 nitrogen and oxygen atoms in total. The van der Waals surface area contributed by atoms with E-state index >= 15 is 0 Å². The number of amides is 1. The van der Waals surface area contributed by atoms with Gasteiger partial charge in [0.25, 0.3) is 5.91 Å². The fourth-order valence-corrected chi connectivity index (χ4v) is 2.15. The zero-order chi connectivity index (χ0) is 13.4. The van der Waals surface area contributed by atoms with Crippen LogP contribution >= 0.6 is 11.6 Å². The van der Waals surface area contributed by atoms with Crippen LogP contribution in [0.4, 0.5) is 11.4 Å². The van der Waals surface area contributed by atoms with Gasteiger partial charge >= 0.3 is 0 Å². The van der Waals surface area contributed by atoms with Crippen molar-refractivity contribution in [3.8, 4) is 0 Å². The summed E-state index contributed by atoms with van der Waals surface area (Å²) in [5, 5.41) is 10.0. The number of rotatable bonds is 3. The molecule has 0 aliphatic heterocycles. The molecule has 1 aliphatic carbocycles. The first-order chi connectivity index (χ1) is 9.16. The lowest BCUT2D eigenvalue weighted by molar-refractivity contribution is 0.102. The molecule has 1 aliphatic rings. The van der Waals surface area contributed by atoms with Gasteiger partial charge in [-0.1, -0.05) is 23.7 Å². The van der Waals surface area contributed by atoms with Crippen molar-refractivity contribution in [3.05, 3.63) is 40.7 Å². The van der Waals surface area contributed by atoms with Crippen LogP contribution in [0.15, 0.2) is 24.3 Å². The van der Waals surface area contributed by atoms with Gasteiger partial charge < -0.3 is 11.1 Å². The van der Waals surface area contributed by atoms with Gasteiger partial charge in [-0.2, -0.15) is 5.10 Å². The van der Waals surface area contributed by atoms with Crippen LogP contribution in [0, 0.1) is 0 Å². The molecule has 3 rings (SSSR count). The van der Waals surface area contributed by atoms with E-state index in [2.05, 4.69) is 15.5 Å². The maximum absolute atomic E-state index is 12.1. The summed E-state index contributed by atoms with van der Waals surface area (Å²) in [7, 11) is 0. The maximum atomic E-state index is 12.1. The SMILES string of the molecule is Nc1c(C(=O)Nc2ccccc2Cl)n[nH]c1C1CC1. The minimum absolute atomic E-state index is 0.224. The highest BCUT2D eigenvalue weighted by Crippen LogP contribution is 2.42. The van der Waals surface area contributed by atoms with Crippen molar-refractivity contribution in [2.24, 2.45) is 0 Å². The summed E-state index contributed by atoms with van der Waals surface area (Å²) < 4.78 is 0. The van der Waals surface area contributed by atoms with Crippen molar-refractivity contribution in [1.29, 1.82) is 0 Å². The van der Waals surface area contributed by atoms with E-state index in [0.717, 1.165) is 18.5 Å². The third kappa shape index (κ3) is 2.29. The van der Waals surface area contributed by atoms with E-state index in [0.29, 0.717) is 22.3 Å². The molecule has 1 aromatic carbocycles. The molecule has 1 amide bonds. The van der Waals surface area contributed by atoms with Crippen molar-refractivity contribution >= 4 is 28.9 Å². The predicted octanol–water partition coefficient (Wildman–Crippen LogP) is 2.78. The molecule has 0 radical (unpaired) electrons. The van der Waals surface area contributed by atoms with E-state index in [4.69, 9.17) is 17.3 Å². The average Bonchev–Trinajstić information content (AvgIpc) is 3.15. The lowest BCUT2D eigenvalue weighted by atomic mass is 10.2. The van der Waals surface area contributed by atoms with Crippen LogP contribution in [-0.2, 0) is 0 Å². The van der Waals surface area contributed by atoms with Crippen LogP contribution < -0.4 is 11.1 Å². The zero-order valence-electron chi connectivity index (χ0n) is 10.1. The van der Waals surface area contributed by atoms with E-state index in [1.54, 1.807) is 24.3 Å². The molecular formula is C13H13ClN4O. The number of aromatic amines is 1. The molecule has 2 aromatic rings. The Morgan fingerprint density at radius 3 is 2.84 bits per heavy atom. The fraction of sp³-hybridized carbons (Fsp3) is 0.231. The van der Waals surface area contributed by atoms with Gasteiger partial charge in [-0.3, -0.25) is 9.89 Å². The molecule has 98 valence electrons. The molecule has 0 saturated heterocycles. The molecule has 4 N–H and O–H groups in total. The van der Waals surface area contributed by atoms with E-state index in [1.165, 1.54) is 0 Å². The maximum Gasteiger partial charge on any atom is 0.278 e. The van der Waals surface area contributed by atoms with Crippen LogP contribution in [0.25, 0.3) is 0 Å². The van der Waals surface area contributed by atoms with Crippen LogP contribution in [0.3, 0.4) is 0 Å². The number of anilines is 2. The monoisotopic (exact) mass is 276 g/mol. The minimum Gasteiger partial charge on any atom is -0.395 e. The molecule has 0 spiro atoms. The van der Waals surface area contributed by atoms with Crippen molar-refractivity contribution in [2.45, 2.75) is 18.8 Å². The van der Waals surface area contributed by atoms with Crippen molar-refractivity contribution in [1.82, 2.24) is 10.2 Å². The quantitative estimate of drug-likeness (QED) is 0.806. The molecule has 0 bridgehead atoms. The summed E-state index contributed by atoms with van der Waals surface area (Å²) >= 11 is 5.99. The number of carbonyl (C=O) groups excluding carboxylic acids is 1. The normalized spacial score (nSPS) is 14.4. The number of hydrogen-bond donors (Lipinski definition) is 3. The molecular weight excluding hydrogens is 264 g/mol. The summed E-state index contributed by atoms with van der Waals surface area (Å²) in [6.45, 7) is 0. The Morgan fingerprint density at radius 2 is 2.16 bits per heavy atom. The molecule has 1 fully saturated rings. The number of nitrogens with two attached hydrogens (primary N) is 1. The van der Waals surface area contributed by atoms with Crippen LogP contribution in [0.2, 0.25) is 5.02 Å². The molecule has 6 heteroatoms. The second kappa shape index (κ2) is 4.59. The van der Waals surface area contributed by atoms with Gasteiger partial charge in [0.15, 0.2) is 5.69 Å². The Balaban J connectivity index is 1.82. The van der Waals surface area contributed by atoms with Crippen LogP contribution in [-0.4, -0.2) is 16.1 Å². The van der Waals surface area contributed by atoms with Crippen LogP contribution in [0.1, 0.15) is 34.9 Å². The van der Waals surface area contributed by atoms with E-state index < -0.39 is 0 Å². The highest BCUT2D eigenvalue weighted by atomic mass is 35.5. The molecule has 0 atom stereocenters. The van der Waals surface area contributed by atoms with Gasteiger partial charge in [0.2, 0.25) is 0 Å². The van der Waals surface area contributed by atoms with Gasteiger partial charge in [-0.25, -0.2) is 0 Å². The number of benzene rings is 1. The lowest BCUT2D eigenvalue weighted by Crippen LogP contribution is -2.14. The van der Waals surface area contributed by atoms with Gasteiger partial charge in [-0.15, -0.1) is 0 Å². The minimum atomic E-state index is -0.353. The Kier molecular flexibility index (Phi) is 2.91. The van der Waals surface area contributed by atoms with Crippen molar-refractivity contribution in [3.63, 3.8) is 0 Å². The van der Waals surface area contributed by atoms with E-state index in [9.17, 15) is 4.79 Å².